The molecule has 2 N–H and O–H groups in total. The van der Waals surface area contributed by atoms with Crippen molar-refractivity contribution in [3.05, 3.63) is 0 Å². The van der Waals surface area contributed by atoms with Crippen molar-refractivity contribution < 1.29 is 14.8 Å². The van der Waals surface area contributed by atoms with Gasteiger partial charge in [-0.2, -0.15) is 0 Å². The molecule has 4 heteroatoms. The van der Waals surface area contributed by atoms with E-state index in [1.54, 1.807) is 0 Å². The lowest BCUT2D eigenvalue weighted by Crippen LogP contribution is -2.14. The Bertz CT molecular complexity index is 65.7. The van der Waals surface area contributed by atoms with Gasteiger partial charge in [-0.15, -0.1) is 0 Å². The molecule has 0 aromatic carbocycles. The number of nitrogens with one attached hydrogen (secondary N) is 1. The minimum atomic E-state index is -0.449. The standard InChI is InChI=1S/C4H9NO3/c1-2-3-4(6)8-5-7/h5,7H,2-3H2,1H3. The van der Waals surface area contributed by atoms with E-state index in [4.69, 9.17) is 5.21 Å². The molecule has 0 heterocycles. The van der Waals surface area contributed by atoms with Crippen molar-refractivity contribution in [2.75, 3.05) is 0 Å². The fourth-order valence-corrected chi connectivity index (χ4v) is 0.306. The van der Waals surface area contributed by atoms with Gasteiger partial charge < -0.3 is 4.84 Å². The molecule has 48 valence electrons. The first-order valence-corrected chi connectivity index (χ1v) is 2.40. The normalized spacial score (nSPS) is 8.75. The van der Waals surface area contributed by atoms with Crippen LogP contribution in [0.5, 0.6) is 0 Å². The van der Waals surface area contributed by atoms with Crippen LogP contribution in [0.1, 0.15) is 19.8 Å². The van der Waals surface area contributed by atoms with E-state index in [2.05, 4.69) is 4.84 Å². The molecule has 0 saturated heterocycles. The van der Waals surface area contributed by atoms with Gasteiger partial charge in [0.05, 0.1) is 0 Å². The Hall–Kier alpha value is -0.610. The molecular formula is C4H9NO3. The predicted octanol–water partition coefficient (Wildman–Crippen LogP) is 0.223. The molecule has 0 aliphatic heterocycles. The second-order valence-electron chi connectivity index (χ2n) is 1.32. The Balaban J connectivity index is 3.06. The van der Waals surface area contributed by atoms with Crippen LogP contribution in [0.25, 0.3) is 0 Å². The molecular weight excluding hydrogens is 110 g/mol. The molecule has 4 nitrogen and oxygen atoms in total. The van der Waals surface area contributed by atoms with Crippen molar-refractivity contribution in [1.29, 1.82) is 0 Å². The highest BCUT2D eigenvalue weighted by Gasteiger charge is 1.96. The zero-order valence-corrected chi connectivity index (χ0v) is 4.68. The van der Waals surface area contributed by atoms with Gasteiger partial charge >= 0.3 is 5.97 Å². The van der Waals surface area contributed by atoms with Gasteiger partial charge in [-0.05, 0) is 12.1 Å². The molecule has 0 aromatic rings. The number of carbonyl (C=O) groups excluding carboxylic acids is 1. The molecule has 0 saturated carbocycles. The van der Waals surface area contributed by atoms with Gasteiger partial charge in [0.2, 0.25) is 0 Å². The van der Waals surface area contributed by atoms with E-state index < -0.39 is 5.97 Å². The average molecular weight is 119 g/mol. The molecule has 0 fully saturated rings. The first-order chi connectivity index (χ1) is 3.81. The third-order valence-electron chi connectivity index (χ3n) is 0.614. The minimum Gasteiger partial charge on any atom is -0.345 e. The summed E-state index contributed by atoms with van der Waals surface area (Å²) in [6.45, 7) is 1.85. The highest BCUT2D eigenvalue weighted by molar-refractivity contribution is 5.68. The summed E-state index contributed by atoms with van der Waals surface area (Å²) in [5.74, 6) is -0.449. The fraction of sp³-hybridized carbons (Fsp3) is 0.750. The predicted molar refractivity (Wildman–Crippen MR) is 25.9 cm³/mol. The highest BCUT2D eigenvalue weighted by Crippen LogP contribution is 1.86. The Morgan fingerprint density at radius 1 is 1.88 bits per heavy atom. The molecule has 0 amide bonds. The van der Waals surface area contributed by atoms with Crippen LogP contribution >= 0.6 is 0 Å². The molecule has 0 aliphatic carbocycles. The van der Waals surface area contributed by atoms with E-state index in [-0.39, 0.29) is 0 Å². The third-order valence-corrected chi connectivity index (χ3v) is 0.614. The SMILES string of the molecule is CCCC(=O)ONO. The number of hydrogen-bond donors (Lipinski definition) is 2. The number of hydrogen-bond acceptors (Lipinski definition) is 4. The van der Waals surface area contributed by atoms with Gasteiger partial charge in [0.25, 0.3) is 0 Å². The van der Waals surface area contributed by atoms with Crippen molar-refractivity contribution in [1.82, 2.24) is 5.64 Å². The lowest BCUT2D eigenvalue weighted by Gasteiger charge is -1.95. The molecule has 0 atom stereocenters. The third kappa shape index (κ3) is 3.58. The average Bonchev–Trinajstić information content (AvgIpc) is 1.68. The quantitative estimate of drug-likeness (QED) is 0.522. The summed E-state index contributed by atoms with van der Waals surface area (Å²) in [5, 5.41) is 7.77. The van der Waals surface area contributed by atoms with Gasteiger partial charge in [0, 0.05) is 6.42 Å². The molecule has 0 spiro atoms. The zero-order chi connectivity index (χ0) is 6.41. The van der Waals surface area contributed by atoms with Crippen LogP contribution in [-0.2, 0) is 9.63 Å². The van der Waals surface area contributed by atoms with E-state index in [0.717, 1.165) is 6.42 Å². The summed E-state index contributed by atoms with van der Waals surface area (Å²) in [4.78, 5) is 14.1. The summed E-state index contributed by atoms with van der Waals surface area (Å²) < 4.78 is 0. The maximum Gasteiger partial charge on any atom is 0.327 e. The molecule has 0 unspecified atom stereocenters. The monoisotopic (exact) mass is 119 g/mol. The molecule has 0 aromatic heterocycles. The summed E-state index contributed by atoms with van der Waals surface area (Å²) in [6.07, 6.45) is 1.05. The largest absolute Gasteiger partial charge is 0.345 e. The molecule has 0 bridgehead atoms. The fourth-order valence-electron chi connectivity index (χ4n) is 0.306. The van der Waals surface area contributed by atoms with E-state index in [1.807, 2.05) is 6.92 Å². The van der Waals surface area contributed by atoms with Gasteiger partial charge in [-0.1, -0.05) is 6.92 Å². The van der Waals surface area contributed by atoms with Gasteiger partial charge in [0.15, 0.2) is 0 Å². The Morgan fingerprint density at radius 3 is 2.88 bits per heavy atom. The smallest absolute Gasteiger partial charge is 0.327 e. The Labute approximate surface area is 47.4 Å². The first-order valence-electron chi connectivity index (χ1n) is 2.40. The van der Waals surface area contributed by atoms with Crippen molar-refractivity contribution in [2.24, 2.45) is 0 Å². The van der Waals surface area contributed by atoms with E-state index >= 15 is 0 Å². The van der Waals surface area contributed by atoms with E-state index in [9.17, 15) is 4.79 Å². The van der Waals surface area contributed by atoms with Crippen molar-refractivity contribution in [3.8, 4) is 0 Å². The van der Waals surface area contributed by atoms with Crippen LogP contribution in [0, 0.1) is 0 Å². The Kier molecular flexibility index (Phi) is 4.20. The van der Waals surface area contributed by atoms with Crippen molar-refractivity contribution in [3.63, 3.8) is 0 Å². The molecule has 0 rings (SSSR count). The summed E-state index contributed by atoms with van der Waals surface area (Å²) in [5.41, 5.74) is 1.30. The van der Waals surface area contributed by atoms with E-state index in [0.29, 0.717) is 6.42 Å². The topological polar surface area (TPSA) is 58.6 Å². The summed E-state index contributed by atoms with van der Waals surface area (Å²) in [6, 6.07) is 0. The second kappa shape index (κ2) is 4.55. The molecule has 0 aliphatic rings. The minimum absolute atomic E-state index is 0.327. The summed E-state index contributed by atoms with van der Waals surface area (Å²) >= 11 is 0. The zero-order valence-electron chi connectivity index (χ0n) is 4.68. The second-order valence-corrected chi connectivity index (χ2v) is 1.32. The number of carbonyl (C=O) groups is 1. The first kappa shape index (κ1) is 7.39. The maximum atomic E-state index is 10.2. The van der Waals surface area contributed by atoms with Crippen LogP contribution < -0.4 is 5.64 Å². The van der Waals surface area contributed by atoms with Gasteiger partial charge in [-0.3, -0.25) is 10.0 Å². The lowest BCUT2D eigenvalue weighted by molar-refractivity contribution is -0.176. The lowest BCUT2D eigenvalue weighted by atomic mass is 10.3. The molecule has 0 radical (unpaired) electrons. The van der Waals surface area contributed by atoms with Crippen LogP contribution in [0.3, 0.4) is 0 Å². The molecule has 8 heavy (non-hydrogen) atoms. The van der Waals surface area contributed by atoms with Crippen molar-refractivity contribution in [2.45, 2.75) is 19.8 Å². The van der Waals surface area contributed by atoms with Gasteiger partial charge in [0.1, 0.15) is 0 Å². The summed E-state index contributed by atoms with van der Waals surface area (Å²) in [7, 11) is 0. The highest BCUT2D eigenvalue weighted by atomic mass is 16.8. The maximum absolute atomic E-state index is 10.2. The van der Waals surface area contributed by atoms with Crippen LogP contribution in [0.15, 0.2) is 0 Å². The van der Waals surface area contributed by atoms with Crippen LogP contribution in [0.4, 0.5) is 0 Å². The van der Waals surface area contributed by atoms with Crippen LogP contribution in [-0.4, -0.2) is 11.2 Å². The van der Waals surface area contributed by atoms with E-state index in [1.165, 1.54) is 5.64 Å². The van der Waals surface area contributed by atoms with Gasteiger partial charge in [-0.25, -0.2) is 0 Å². The Morgan fingerprint density at radius 2 is 2.50 bits per heavy atom. The van der Waals surface area contributed by atoms with Crippen LogP contribution in [0.2, 0.25) is 0 Å². The van der Waals surface area contributed by atoms with Crippen molar-refractivity contribution >= 4 is 5.97 Å². The number of rotatable bonds is 3.